The fourth-order valence-electron chi connectivity index (χ4n) is 2.04. The van der Waals surface area contributed by atoms with Gasteiger partial charge in [-0.2, -0.15) is 0 Å². The summed E-state index contributed by atoms with van der Waals surface area (Å²) >= 11 is 0. The molecule has 3 nitrogen and oxygen atoms in total. The molecular formula is C15H17N3. The lowest BCUT2D eigenvalue weighted by Crippen LogP contribution is -2.01. The first kappa shape index (κ1) is 12.3. The van der Waals surface area contributed by atoms with E-state index in [2.05, 4.69) is 43.8 Å². The molecule has 0 saturated carbocycles. The van der Waals surface area contributed by atoms with E-state index in [1.54, 1.807) is 10.9 Å². The second-order valence-electron chi connectivity index (χ2n) is 4.56. The van der Waals surface area contributed by atoms with Gasteiger partial charge in [0.05, 0.1) is 12.9 Å². The van der Waals surface area contributed by atoms with Gasteiger partial charge in [-0.3, -0.25) is 0 Å². The molecule has 3 heteroatoms. The van der Waals surface area contributed by atoms with Gasteiger partial charge in [0.2, 0.25) is 0 Å². The van der Waals surface area contributed by atoms with Gasteiger partial charge in [-0.25, -0.2) is 4.98 Å². The predicted molar refractivity (Wildman–Crippen MR) is 75.1 cm³/mol. The summed E-state index contributed by atoms with van der Waals surface area (Å²) in [7, 11) is 0. The van der Waals surface area contributed by atoms with Crippen molar-refractivity contribution in [2.24, 2.45) is 0 Å². The molecule has 0 aliphatic heterocycles. The van der Waals surface area contributed by atoms with Crippen molar-refractivity contribution in [2.45, 2.75) is 27.3 Å². The molecular weight excluding hydrogens is 222 g/mol. The van der Waals surface area contributed by atoms with Crippen molar-refractivity contribution in [3.05, 3.63) is 35.2 Å². The third-order valence-corrected chi connectivity index (χ3v) is 3.24. The molecule has 0 radical (unpaired) electrons. The van der Waals surface area contributed by atoms with Gasteiger partial charge in [0.15, 0.2) is 0 Å². The van der Waals surface area contributed by atoms with Crippen LogP contribution in [0.2, 0.25) is 0 Å². The Kier molecular flexibility index (Phi) is 3.12. The summed E-state index contributed by atoms with van der Waals surface area (Å²) in [5.74, 6) is 3.19. The lowest BCUT2D eigenvalue weighted by atomic mass is 9.99. The van der Waals surface area contributed by atoms with E-state index in [1.165, 1.54) is 16.7 Å². The van der Waals surface area contributed by atoms with Gasteiger partial charge in [-0.15, -0.1) is 6.42 Å². The number of hydrogen-bond donors (Lipinski definition) is 1. The minimum atomic E-state index is 0.447. The van der Waals surface area contributed by atoms with Gasteiger partial charge in [-0.1, -0.05) is 12.0 Å². The molecule has 0 aliphatic carbocycles. The van der Waals surface area contributed by atoms with E-state index in [0.717, 1.165) is 11.3 Å². The van der Waals surface area contributed by atoms with Gasteiger partial charge in [0.25, 0.3) is 0 Å². The van der Waals surface area contributed by atoms with E-state index in [0.29, 0.717) is 12.4 Å². The summed E-state index contributed by atoms with van der Waals surface area (Å²) in [6, 6.07) is 4.29. The Labute approximate surface area is 108 Å². The van der Waals surface area contributed by atoms with Gasteiger partial charge in [0.1, 0.15) is 11.5 Å². The van der Waals surface area contributed by atoms with Crippen LogP contribution >= 0.6 is 0 Å². The van der Waals surface area contributed by atoms with Crippen molar-refractivity contribution >= 4 is 5.82 Å². The van der Waals surface area contributed by atoms with Crippen LogP contribution in [0.15, 0.2) is 18.5 Å². The number of nitrogen functional groups attached to an aromatic ring is 1. The van der Waals surface area contributed by atoms with E-state index in [1.807, 2.05) is 0 Å². The van der Waals surface area contributed by atoms with Crippen LogP contribution in [0.1, 0.15) is 16.7 Å². The zero-order chi connectivity index (χ0) is 13.3. The number of aryl methyl sites for hydroxylation is 3. The van der Waals surface area contributed by atoms with Gasteiger partial charge in [-0.05, 0) is 43.5 Å². The molecule has 2 N–H and O–H groups in total. The number of nitrogens with zero attached hydrogens (tertiary/aromatic N) is 2. The molecule has 1 heterocycles. The first-order valence-corrected chi connectivity index (χ1v) is 5.87. The smallest absolute Gasteiger partial charge is 0.132 e. The zero-order valence-corrected chi connectivity index (χ0v) is 11.0. The number of nitrogens with two attached hydrogens (primary N) is 1. The summed E-state index contributed by atoms with van der Waals surface area (Å²) in [6.45, 7) is 6.71. The maximum Gasteiger partial charge on any atom is 0.132 e. The first-order valence-electron chi connectivity index (χ1n) is 5.87. The summed E-state index contributed by atoms with van der Waals surface area (Å²) in [5, 5.41) is 0. The molecule has 0 bridgehead atoms. The fourth-order valence-corrected chi connectivity index (χ4v) is 2.04. The Morgan fingerprint density at radius 1 is 1.22 bits per heavy atom. The molecule has 0 amide bonds. The zero-order valence-electron chi connectivity index (χ0n) is 11.0. The van der Waals surface area contributed by atoms with Gasteiger partial charge >= 0.3 is 0 Å². The topological polar surface area (TPSA) is 43.8 Å². The summed E-state index contributed by atoms with van der Waals surface area (Å²) in [5.41, 5.74) is 11.7. The van der Waals surface area contributed by atoms with E-state index >= 15 is 0 Å². The van der Waals surface area contributed by atoms with Crippen molar-refractivity contribution in [1.82, 2.24) is 9.55 Å². The van der Waals surface area contributed by atoms with Crippen molar-refractivity contribution in [3.8, 4) is 23.6 Å². The van der Waals surface area contributed by atoms with Crippen LogP contribution in [0.4, 0.5) is 5.82 Å². The largest absolute Gasteiger partial charge is 0.383 e. The highest BCUT2D eigenvalue weighted by molar-refractivity contribution is 5.74. The minimum absolute atomic E-state index is 0.447. The standard InChI is InChI=1S/C15H17N3/c1-5-6-18-9-17-14(15(18)16)13-8-11(3)10(2)7-12(13)4/h1,7-9H,6,16H2,2-4H3. The number of anilines is 1. The maximum atomic E-state index is 6.08. The van der Waals surface area contributed by atoms with Gasteiger partial charge in [0, 0.05) is 5.56 Å². The number of rotatable bonds is 2. The molecule has 1 aromatic heterocycles. The van der Waals surface area contributed by atoms with Crippen molar-refractivity contribution in [2.75, 3.05) is 5.73 Å². The Morgan fingerprint density at radius 3 is 2.56 bits per heavy atom. The van der Waals surface area contributed by atoms with E-state index in [9.17, 15) is 0 Å². The maximum absolute atomic E-state index is 6.08. The second kappa shape index (κ2) is 4.58. The molecule has 92 valence electrons. The average Bonchev–Trinajstić information content (AvgIpc) is 2.67. The Hall–Kier alpha value is -2.21. The normalized spacial score (nSPS) is 10.3. The SMILES string of the molecule is C#CCn1cnc(-c2cc(C)c(C)cc2C)c1N. The van der Waals surface area contributed by atoms with Crippen molar-refractivity contribution in [3.63, 3.8) is 0 Å². The number of imidazole rings is 1. The van der Waals surface area contributed by atoms with Crippen LogP contribution in [-0.2, 0) is 6.54 Å². The number of hydrogen-bond acceptors (Lipinski definition) is 2. The molecule has 0 fully saturated rings. The summed E-state index contributed by atoms with van der Waals surface area (Å²) < 4.78 is 1.78. The molecule has 0 aliphatic rings. The minimum Gasteiger partial charge on any atom is -0.383 e. The third kappa shape index (κ3) is 1.98. The molecule has 1 aromatic carbocycles. The highest BCUT2D eigenvalue weighted by Gasteiger charge is 2.12. The molecule has 2 rings (SSSR count). The van der Waals surface area contributed by atoms with E-state index in [4.69, 9.17) is 12.2 Å². The Bertz CT molecular complexity index is 630. The highest BCUT2D eigenvalue weighted by atomic mass is 15.1. The monoisotopic (exact) mass is 239 g/mol. The Morgan fingerprint density at radius 2 is 1.89 bits per heavy atom. The number of benzene rings is 1. The van der Waals surface area contributed by atoms with Crippen LogP contribution < -0.4 is 5.73 Å². The number of terminal acetylenes is 1. The van der Waals surface area contributed by atoms with Crippen LogP contribution in [0.3, 0.4) is 0 Å². The molecule has 18 heavy (non-hydrogen) atoms. The average molecular weight is 239 g/mol. The lowest BCUT2D eigenvalue weighted by molar-refractivity contribution is 0.852. The van der Waals surface area contributed by atoms with E-state index < -0.39 is 0 Å². The van der Waals surface area contributed by atoms with Crippen molar-refractivity contribution < 1.29 is 0 Å². The lowest BCUT2D eigenvalue weighted by Gasteiger charge is -2.09. The summed E-state index contributed by atoms with van der Waals surface area (Å²) in [6.07, 6.45) is 6.99. The quantitative estimate of drug-likeness (QED) is 0.819. The number of aromatic nitrogens is 2. The molecule has 0 spiro atoms. The van der Waals surface area contributed by atoms with Gasteiger partial charge < -0.3 is 10.3 Å². The molecule has 0 unspecified atom stereocenters. The van der Waals surface area contributed by atoms with E-state index in [-0.39, 0.29) is 0 Å². The predicted octanol–water partition coefficient (Wildman–Crippen LogP) is 2.69. The van der Waals surface area contributed by atoms with Crippen LogP contribution in [0.5, 0.6) is 0 Å². The second-order valence-corrected chi connectivity index (χ2v) is 4.56. The Balaban J connectivity index is 2.56. The van der Waals surface area contributed by atoms with Crippen LogP contribution in [0, 0.1) is 33.1 Å². The van der Waals surface area contributed by atoms with Crippen LogP contribution in [-0.4, -0.2) is 9.55 Å². The fraction of sp³-hybridized carbons (Fsp3) is 0.267. The first-order chi connectivity index (χ1) is 8.54. The third-order valence-electron chi connectivity index (χ3n) is 3.24. The molecule has 0 saturated heterocycles. The molecule has 0 atom stereocenters. The molecule has 2 aromatic rings. The highest BCUT2D eigenvalue weighted by Crippen LogP contribution is 2.29. The van der Waals surface area contributed by atoms with Crippen LogP contribution in [0.25, 0.3) is 11.3 Å². The van der Waals surface area contributed by atoms with Crippen molar-refractivity contribution in [1.29, 1.82) is 0 Å². The summed E-state index contributed by atoms with van der Waals surface area (Å²) in [4.78, 5) is 4.38.